The molecule has 1 amide bonds. The van der Waals surface area contributed by atoms with Gasteiger partial charge in [0.1, 0.15) is 24.7 Å². The Morgan fingerprint density at radius 1 is 1.00 bits per heavy atom. The number of carbonyl (C=O) groups excluding carboxylic acids is 1. The van der Waals surface area contributed by atoms with Crippen LogP contribution in [-0.4, -0.2) is 25.3 Å². The lowest BCUT2D eigenvalue weighted by molar-refractivity contribution is 0.0954. The maximum Gasteiger partial charge on any atom is 0.271 e. The molecule has 3 aromatic rings. The lowest BCUT2D eigenvalue weighted by Crippen LogP contribution is -2.19. The standard InChI is InChI=1S/C20H15ClN2O4/c21-15-4-1-13(2-5-15)17-8-6-16(27-17)12-22-23-20(24)14-3-7-18-19(11-14)26-10-9-25-18/h1-8,11-12H,9-10H2,(H,23,24)/b22-12+. The van der Waals surface area contributed by atoms with Crippen molar-refractivity contribution in [3.63, 3.8) is 0 Å². The van der Waals surface area contributed by atoms with E-state index in [-0.39, 0.29) is 5.91 Å². The molecule has 0 radical (unpaired) electrons. The third kappa shape index (κ3) is 3.96. The zero-order valence-corrected chi connectivity index (χ0v) is 14.9. The molecule has 1 aliphatic rings. The third-order valence-electron chi connectivity index (χ3n) is 3.92. The van der Waals surface area contributed by atoms with E-state index in [4.69, 9.17) is 25.5 Å². The number of hydrogen-bond acceptors (Lipinski definition) is 5. The molecule has 0 bridgehead atoms. The van der Waals surface area contributed by atoms with E-state index < -0.39 is 0 Å². The van der Waals surface area contributed by atoms with Crippen molar-refractivity contribution in [1.82, 2.24) is 5.43 Å². The first-order chi connectivity index (χ1) is 13.2. The fourth-order valence-corrected chi connectivity index (χ4v) is 2.72. The molecule has 1 aromatic heterocycles. The van der Waals surface area contributed by atoms with Gasteiger partial charge in [0.05, 0.1) is 6.21 Å². The van der Waals surface area contributed by atoms with Crippen LogP contribution >= 0.6 is 11.6 Å². The van der Waals surface area contributed by atoms with E-state index in [1.807, 2.05) is 18.2 Å². The Morgan fingerprint density at radius 2 is 1.78 bits per heavy atom. The van der Waals surface area contributed by atoms with E-state index in [0.29, 0.717) is 46.8 Å². The van der Waals surface area contributed by atoms with E-state index in [1.54, 1.807) is 36.4 Å². The van der Waals surface area contributed by atoms with Crippen LogP contribution in [0.4, 0.5) is 0 Å². The predicted octanol–water partition coefficient (Wildman–Crippen LogP) is 4.14. The number of nitrogens with zero attached hydrogens (tertiary/aromatic N) is 1. The summed E-state index contributed by atoms with van der Waals surface area (Å²) in [6.07, 6.45) is 1.44. The Balaban J connectivity index is 1.40. The van der Waals surface area contributed by atoms with Crippen LogP contribution < -0.4 is 14.9 Å². The van der Waals surface area contributed by atoms with Gasteiger partial charge in [0, 0.05) is 16.1 Å². The third-order valence-corrected chi connectivity index (χ3v) is 4.17. The SMILES string of the molecule is O=C(N/N=C/c1ccc(-c2ccc(Cl)cc2)o1)c1ccc2c(c1)OCCO2. The first kappa shape index (κ1) is 17.2. The van der Waals surface area contributed by atoms with Crippen molar-refractivity contribution >= 4 is 23.7 Å². The molecule has 0 unspecified atom stereocenters. The molecule has 0 atom stereocenters. The van der Waals surface area contributed by atoms with Gasteiger partial charge in [-0.2, -0.15) is 5.10 Å². The van der Waals surface area contributed by atoms with Crippen LogP contribution in [0, 0.1) is 0 Å². The molecule has 6 nitrogen and oxygen atoms in total. The number of rotatable bonds is 4. The van der Waals surface area contributed by atoms with Crippen LogP contribution in [0.25, 0.3) is 11.3 Å². The van der Waals surface area contributed by atoms with Crippen molar-refractivity contribution < 1.29 is 18.7 Å². The summed E-state index contributed by atoms with van der Waals surface area (Å²) in [5, 5.41) is 4.60. The highest BCUT2D eigenvalue weighted by Crippen LogP contribution is 2.30. The second-order valence-electron chi connectivity index (χ2n) is 5.77. The van der Waals surface area contributed by atoms with Gasteiger partial charge in [0.25, 0.3) is 5.91 Å². The number of hydrazone groups is 1. The average Bonchev–Trinajstić information content (AvgIpc) is 3.17. The van der Waals surface area contributed by atoms with Gasteiger partial charge in [0.2, 0.25) is 0 Å². The molecule has 0 aliphatic carbocycles. The second kappa shape index (κ2) is 7.55. The zero-order chi connectivity index (χ0) is 18.6. The molecule has 0 saturated carbocycles. The van der Waals surface area contributed by atoms with Gasteiger partial charge in [-0.15, -0.1) is 0 Å². The van der Waals surface area contributed by atoms with Crippen molar-refractivity contribution in [1.29, 1.82) is 0 Å². The number of hydrogen-bond donors (Lipinski definition) is 1. The summed E-state index contributed by atoms with van der Waals surface area (Å²) in [5.41, 5.74) is 3.80. The van der Waals surface area contributed by atoms with E-state index >= 15 is 0 Å². The maximum absolute atomic E-state index is 12.2. The average molecular weight is 383 g/mol. The number of furan rings is 1. The fraction of sp³-hybridized carbons (Fsp3) is 0.100. The summed E-state index contributed by atoms with van der Waals surface area (Å²) in [7, 11) is 0. The van der Waals surface area contributed by atoms with E-state index in [0.717, 1.165) is 5.56 Å². The first-order valence-corrected chi connectivity index (χ1v) is 8.66. The molecule has 1 aliphatic heterocycles. The topological polar surface area (TPSA) is 73.1 Å². The minimum atomic E-state index is -0.354. The lowest BCUT2D eigenvalue weighted by Gasteiger charge is -2.18. The Labute approximate surface area is 160 Å². The van der Waals surface area contributed by atoms with Crippen molar-refractivity contribution in [3.05, 3.63) is 70.9 Å². The van der Waals surface area contributed by atoms with Crippen LogP contribution in [0.5, 0.6) is 11.5 Å². The van der Waals surface area contributed by atoms with Crippen LogP contribution in [0.2, 0.25) is 5.02 Å². The molecule has 7 heteroatoms. The molecule has 4 rings (SSSR count). The number of carbonyl (C=O) groups is 1. The monoisotopic (exact) mass is 382 g/mol. The molecular formula is C20H15ClN2O4. The summed E-state index contributed by atoms with van der Waals surface area (Å²) in [5.74, 6) is 2.03. The van der Waals surface area contributed by atoms with Crippen LogP contribution in [0.15, 0.2) is 64.1 Å². The molecule has 0 saturated heterocycles. The van der Waals surface area contributed by atoms with Gasteiger partial charge in [-0.1, -0.05) is 11.6 Å². The van der Waals surface area contributed by atoms with Crippen LogP contribution in [0.3, 0.4) is 0 Å². The van der Waals surface area contributed by atoms with Gasteiger partial charge < -0.3 is 13.9 Å². The molecule has 1 N–H and O–H groups in total. The molecule has 2 aromatic carbocycles. The Hall–Kier alpha value is -3.25. The summed E-state index contributed by atoms with van der Waals surface area (Å²) in [6.45, 7) is 0.967. The summed E-state index contributed by atoms with van der Waals surface area (Å²) in [4.78, 5) is 12.2. The molecule has 27 heavy (non-hydrogen) atoms. The highest BCUT2D eigenvalue weighted by Gasteiger charge is 2.14. The minimum absolute atomic E-state index is 0.354. The van der Waals surface area contributed by atoms with Crippen molar-refractivity contribution in [2.75, 3.05) is 13.2 Å². The van der Waals surface area contributed by atoms with Gasteiger partial charge >= 0.3 is 0 Å². The van der Waals surface area contributed by atoms with Crippen LogP contribution in [-0.2, 0) is 0 Å². The smallest absolute Gasteiger partial charge is 0.271 e. The first-order valence-electron chi connectivity index (χ1n) is 8.28. The van der Waals surface area contributed by atoms with Crippen molar-refractivity contribution in [2.45, 2.75) is 0 Å². The van der Waals surface area contributed by atoms with Crippen LogP contribution in [0.1, 0.15) is 16.1 Å². The molecule has 0 spiro atoms. The molecule has 2 heterocycles. The van der Waals surface area contributed by atoms with Gasteiger partial charge in [-0.05, 0) is 54.6 Å². The fourth-order valence-electron chi connectivity index (χ4n) is 2.60. The number of amides is 1. The quantitative estimate of drug-likeness (QED) is 0.543. The highest BCUT2D eigenvalue weighted by atomic mass is 35.5. The van der Waals surface area contributed by atoms with Gasteiger partial charge in [-0.3, -0.25) is 4.79 Å². The largest absolute Gasteiger partial charge is 0.486 e. The number of fused-ring (bicyclic) bond motifs is 1. The number of benzene rings is 2. The van der Waals surface area contributed by atoms with Crippen molar-refractivity contribution in [3.8, 4) is 22.8 Å². The highest BCUT2D eigenvalue weighted by molar-refractivity contribution is 6.30. The van der Waals surface area contributed by atoms with E-state index in [9.17, 15) is 4.79 Å². The number of halogens is 1. The van der Waals surface area contributed by atoms with E-state index in [2.05, 4.69) is 10.5 Å². The second-order valence-corrected chi connectivity index (χ2v) is 6.20. The molecular weight excluding hydrogens is 368 g/mol. The number of ether oxygens (including phenoxy) is 2. The summed E-state index contributed by atoms with van der Waals surface area (Å²) >= 11 is 5.89. The summed E-state index contributed by atoms with van der Waals surface area (Å²) < 4.78 is 16.6. The molecule has 136 valence electrons. The van der Waals surface area contributed by atoms with E-state index in [1.165, 1.54) is 6.21 Å². The molecule has 0 fully saturated rings. The lowest BCUT2D eigenvalue weighted by atomic mass is 10.2. The predicted molar refractivity (Wildman–Crippen MR) is 102 cm³/mol. The Kier molecular flexibility index (Phi) is 4.80. The Bertz CT molecular complexity index is 995. The normalized spacial score (nSPS) is 12.9. The maximum atomic E-state index is 12.2. The van der Waals surface area contributed by atoms with Gasteiger partial charge in [0.15, 0.2) is 11.5 Å². The zero-order valence-electron chi connectivity index (χ0n) is 14.1. The minimum Gasteiger partial charge on any atom is -0.486 e. The Morgan fingerprint density at radius 3 is 2.59 bits per heavy atom. The summed E-state index contributed by atoms with van der Waals surface area (Å²) in [6, 6.07) is 15.9. The van der Waals surface area contributed by atoms with Crippen molar-refractivity contribution in [2.24, 2.45) is 5.10 Å². The number of nitrogens with one attached hydrogen (secondary N) is 1. The van der Waals surface area contributed by atoms with Gasteiger partial charge in [-0.25, -0.2) is 5.43 Å².